The van der Waals surface area contributed by atoms with Crippen LogP contribution in [0.2, 0.25) is 0 Å². The Bertz CT molecular complexity index is 745. The lowest BCUT2D eigenvalue weighted by atomic mass is 9.96. The standard InChI is InChI=1S/C18H18N2O3/c21-18(16-11-22-14-7-3-4-8-15(14)23-16)20-17-10-9-12-5-1-2-6-13(12)19-17/h3-4,7-10,16H,1-2,5-6,11H2,(H,19,20,21). The topological polar surface area (TPSA) is 60.5 Å². The molecule has 1 aromatic carbocycles. The highest BCUT2D eigenvalue weighted by atomic mass is 16.6. The van der Waals surface area contributed by atoms with E-state index in [2.05, 4.69) is 16.4 Å². The Morgan fingerprint density at radius 3 is 2.83 bits per heavy atom. The molecule has 0 saturated heterocycles. The normalized spacial score (nSPS) is 18.9. The number of aryl methyl sites for hydroxylation is 2. The molecular weight excluding hydrogens is 292 g/mol. The number of nitrogens with zero attached hydrogens (tertiary/aromatic N) is 1. The summed E-state index contributed by atoms with van der Waals surface area (Å²) in [7, 11) is 0. The molecule has 1 N–H and O–H groups in total. The van der Waals surface area contributed by atoms with Crippen molar-refractivity contribution in [2.45, 2.75) is 31.8 Å². The van der Waals surface area contributed by atoms with Gasteiger partial charge in [-0.15, -0.1) is 0 Å². The summed E-state index contributed by atoms with van der Waals surface area (Å²) in [6.45, 7) is 0.202. The minimum Gasteiger partial charge on any atom is -0.485 e. The Morgan fingerprint density at radius 1 is 1.09 bits per heavy atom. The van der Waals surface area contributed by atoms with Crippen LogP contribution in [0.3, 0.4) is 0 Å². The van der Waals surface area contributed by atoms with Gasteiger partial charge in [-0.25, -0.2) is 4.98 Å². The lowest BCUT2D eigenvalue weighted by Gasteiger charge is -2.25. The van der Waals surface area contributed by atoms with Gasteiger partial charge in [0.15, 0.2) is 11.5 Å². The number of aromatic nitrogens is 1. The van der Waals surface area contributed by atoms with E-state index in [4.69, 9.17) is 9.47 Å². The van der Waals surface area contributed by atoms with Gasteiger partial charge in [0.05, 0.1) is 0 Å². The van der Waals surface area contributed by atoms with Crippen LogP contribution in [0.5, 0.6) is 11.5 Å². The molecule has 0 fully saturated rings. The predicted molar refractivity (Wildman–Crippen MR) is 85.9 cm³/mol. The van der Waals surface area contributed by atoms with Crippen molar-refractivity contribution in [1.29, 1.82) is 0 Å². The molecule has 1 aromatic heterocycles. The summed E-state index contributed by atoms with van der Waals surface area (Å²) in [4.78, 5) is 17.0. The summed E-state index contributed by atoms with van der Waals surface area (Å²) in [5, 5.41) is 2.84. The zero-order valence-corrected chi connectivity index (χ0v) is 12.7. The van der Waals surface area contributed by atoms with Gasteiger partial charge >= 0.3 is 0 Å². The number of amides is 1. The second-order valence-corrected chi connectivity index (χ2v) is 5.86. The number of fused-ring (bicyclic) bond motifs is 2. The molecule has 5 nitrogen and oxygen atoms in total. The first kappa shape index (κ1) is 14.1. The fourth-order valence-corrected chi connectivity index (χ4v) is 3.01. The molecule has 1 amide bonds. The van der Waals surface area contributed by atoms with E-state index in [0.717, 1.165) is 25.0 Å². The van der Waals surface area contributed by atoms with E-state index in [9.17, 15) is 4.79 Å². The zero-order valence-electron chi connectivity index (χ0n) is 12.7. The first-order valence-corrected chi connectivity index (χ1v) is 7.98. The van der Waals surface area contributed by atoms with Crippen molar-refractivity contribution in [3.05, 3.63) is 47.7 Å². The van der Waals surface area contributed by atoms with E-state index in [0.29, 0.717) is 17.3 Å². The summed E-state index contributed by atoms with van der Waals surface area (Å²) in [6.07, 6.45) is 3.77. The van der Waals surface area contributed by atoms with E-state index < -0.39 is 6.10 Å². The Hall–Kier alpha value is -2.56. The molecule has 1 aliphatic heterocycles. The third-order valence-electron chi connectivity index (χ3n) is 4.23. The molecule has 0 spiro atoms. The van der Waals surface area contributed by atoms with Gasteiger partial charge in [0, 0.05) is 5.69 Å². The van der Waals surface area contributed by atoms with Crippen LogP contribution in [0, 0.1) is 0 Å². The molecule has 1 atom stereocenters. The number of benzene rings is 1. The van der Waals surface area contributed by atoms with Crippen molar-refractivity contribution in [3.63, 3.8) is 0 Å². The molecule has 1 unspecified atom stereocenters. The molecule has 4 rings (SSSR count). The van der Waals surface area contributed by atoms with Crippen molar-refractivity contribution < 1.29 is 14.3 Å². The van der Waals surface area contributed by atoms with Crippen LogP contribution in [-0.2, 0) is 17.6 Å². The molecule has 1 aliphatic carbocycles. The van der Waals surface area contributed by atoms with Gasteiger partial charge in [-0.3, -0.25) is 4.79 Å². The molecular formula is C18H18N2O3. The number of pyridine rings is 1. The van der Waals surface area contributed by atoms with Crippen LogP contribution in [0.25, 0.3) is 0 Å². The number of carbonyl (C=O) groups is 1. The van der Waals surface area contributed by atoms with Crippen LogP contribution in [-0.4, -0.2) is 23.6 Å². The van der Waals surface area contributed by atoms with E-state index in [1.54, 1.807) is 6.07 Å². The second-order valence-electron chi connectivity index (χ2n) is 5.86. The number of hydrogen-bond donors (Lipinski definition) is 1. The van der Waals surface area contributed by atoms with E-state index in [-0.39, 0.29) is 12.5 Å². The van der Waals surface area contributed by atoms with Crippen LogP contribution in [0.15, 0.2) is 36.4 Å². The number of hydrogen-bond acceptors (Lipinski definition) is 4. The van der Waals surface area contributed by atoms with Crippen molar-refractivity contribution in [2.24, 2.45) is 0 Å². The minimum atomic E-state index is -0.664. The van der Waals surface area contributed by atoms with Gasteiger partial charge in [-0.1, -0.05) is 18.2 Å². The van der Waals surface area contributed by atoms with Crippen LogP contribution in [0.4, 0.5) is 5.82 Å². The van der Waals surface area contributed by atoms with Gasteiger partial charge in [-0.2, -0.15) is 0 Å². The summed E-state index contributed by atoms with van der Waals surface area (Å²) in [6, 6.07) is 11.3. The number of anilines is 1. The van der Waals surface area contributed by atoms with E-state index >= 15 is 0 Å². The van der Waals surface area contributed by atoms with Gasteiger partial charge in [-0.05, 0) is 49.4 Å². The molecule has 0 bridgehead atoms. The first-order valence-electron chi connectivity index (χ1n) is 7.98. The summed E-state index contributed by atoms with van der Waals surface area (Å²) in [5.74, 6) is 1.61. The smallest absolute Gasteiger partial charge is 0.270 e. The Kier molecular flexibility index (Phi) is 3.61. The highest BCUT2D eigenvalue weighted by molar-refractivity contribution is 5.94. The van der Waals surface area contributed by atoms with Crippen LogP contribution >= 0.6 is 0 Å². The average molecular weight is 310 g/mol. The van der Waals surface area contributed by atoms with Crippen molar-refractivity contribution in [2.75, 3.05) is 11.9 Å². The number of ether oxygens (including phenoxy) is 2. The van der Waals surface area contributed by atoms with Crippen molar-refractivity contribution in [3.8, 4) is 11.5 Å². The monoisotopic (exact) mass is 310 g/mol. The fourth-order valence-electron chi connectivity index (χ4n) is 3.01. The quantitative estimate of drug-likeness (QED) is 0.926. The second kappa shape index (κ2) is 5.91. The van der Waals surface area contributed by atoms with Gasteiger partial charge in [0.1, 0.15) is 12.4 Å². The molecule has 2 aliphatic rings. The van der Waals surface area contributed by atoms with E-state index in [1.807, 2.05) is 24.3 Å². The molecule has 2 heterocycles. The van der Waals surface area contributed by atoms with Gasteiger partial charge in [0.2, 0.25) is 6.10 Å². The lowest BCUT2D eigenvalue weighted by molar-refractivity contribution is -0.125. The van der Waals surface area contributed by atoms with Gasteiger partial charge in [0.25, 0.3) is 5.91 Å². The maximum atomic E-state index is 12.4. The van der Waals surface area contributed by atoms with Crippen LogP contribution in [0.1, 0.15) is 24.1 Å². The molecule has 23 heavy (non-hydrogen) atoms. The number of para-hydroxylation sites is 2. The number of nitrogens with one attached hydrogen (secondary N) is 1. The highest BCUT2D eigenvalue weighted by Crippen LogP contribution is 2.31. The molecule has 0 saturated carbocycles. The first-order chi connectivity index (χ1) is 11.3. The largest absolute Gasteiger partial charge is 0.485 e. The maximum Gasteiger partial charge on any atom is 0.270 e. The Labute approximate surface area is 134 Å². The molecule has 118 valence electrons. The SMILES string of the molecule is O=C(Nc1ccc2c(n1)CCCC2)C1COc2ccccc2O1. The van der Waals surface area contributed by atoms with E-state index in [1.165, 1.54) is 12.0 Å². The summed E-state index contributed by atoms with van der Waals surface area (Å²) < 4.78 is 11.3. The Balaban J connectivity index is 1.46. The average Bonchev–Trinajstić information content (AvgIpc) is 2.61. The van der Waals surface area contributed by atoms with Crippen molar-refractivity contribution in [1.82, 2.24) is 4.98 Å². The van der Waals surface area contributed by atoms with Gasteiger partial charge < -0.3 is 14.8 Å². The fraction of sp³-hybridized carbons (Fsp3) is 0.333. The zero-order chi connectivity index (χ0) is 15.6. The molecule has 0 radical (unpaired) electrons. The summed E-state index contributed by atoms with van der Waals surface area (Å²) >= 11 is 0. The maximum absolute atomic E-state index is 12.4. The third kappa shape index (κ3) is 2.86. The van der Waals surface area contributed by atoms with Crippen LogP contribution < -0.4 is 14.8 Å². The highest BCUT2D eigenvalue weighted by Gasteiger charge is 2.27. The Morgan fingerprint density at radius 2 is 1.91 bits per heavy atom. The molecule has 2 aromatic rings. The minimum absolute atomic E-state index is 0.202. The summed E-state index contributed by atoms with van der Waals surface area (Å²) in [5.41, 5.74) is 2.39. The lowest BCUT2D eigenvalue weighted by Crippen LogP contribution is -2.40. The number of rotatable bonds is 2. The number of carbonyl (C=O) groups excluding carboxylic acids is 1. The third-order valence-corrected chi connectivity index (χ3v) is 4.23. The molecule has 5 heteroatoms. The van der Waals surface area contributed by atoms with Crippen molar-refractivity contribution >= 4 is 11.7 Å². The predicted octanol–water partition coefficient (Wildman–Crippen LogP) is 2.74.